The maximum Gasteiger partial charge on any atom is 0.0591 e. The van der Waals surface area contributed by atoms with Crippen molar-refractivity contribution in [2.75, 3.05) is 19.8 Å². The first-order valence-electron chi connectivity index (χ1n) is 5.70. The van der Waals surface area contributed by atoms with Gasteiger partial charge < -0.3 is 10.1 Å². The third kappa shape index (κ3) is 5.99. The summed E-state index contributed by atoms with van der Waals surface area (Å²) in [7, 11) is 0. The van der Waals surface area contributed by atoms with Crippen LogP contribution in [-0.4, -0.2) is 19.8 Å². The van der Waals surface area contributed by atoms with Gasteiger partial charge in [0, 0.05) is 29.0 Å². The van der Waals surface area contributed by atoms with E-state index in [9.17, 15) is 0 Å². The van der Waals surface area contributed by atoms with E-state index in [0.717, 1.165) is 38.6 Å². The molecule has 1 rings (SSSR count). The summed E-state index contributed by atoms with van der Waals surface area (Å²) in [6.07, 6.45) is 1.15. The Bertz CT molecular complexity index is 288. The number of rotatable bonds is 8. The third-order valence-electron chi connectivity index (χ3n) is 2.24. The molecule has 1 N–H and O–H groups in total. The van der Waals surface area contributed by atoms with E-state index < -0.39 is 0 Å². The smallest absolute Gasteiger partial charge is 0.0591 e. The lowest BCUT2D eigenvalue weighted by atomic mass is 10.1. The first-order valence-corrected chi connectivity index (χ1v) is 7.37. The van der Waals surface area contributed by atoms with E-state index in [1.165, 1.54) is 9.35 Å². The van der Waals surface area contributed by atoms with Crippen LogP contribution in [0.3, 0.4) is 0 Å². The van der Waals surface area contributed by atoms with Crippen LogP contribution in [0.1, 0.15) is 25.1 Å². The Morgan fingerprint density at radius 3 is 2.88 bits per heavy atom. The summed E-state index contributed by atoms with van der Waals surface area (Å²) in [4.78, 5) is 1.35. The Morgan fingerprint density at radius 2 is 2.25 bits per heavy atom. The van der Waals surface area contributed by atoms with Crippen molar-refractivity contribution in [2.45, 2.75) is 26.8 Å². The summed E-state index contributed by atoms with van der Waals surface area (Å²) >= 11 is 5.29. The standard InChI is InChI=1S/C12H20BrNOS/c1-10(2)3-6-15-7-5-14-9-12-11(13)4-8-16-12/h4,8,10,14H,3,5-7,9H2,1-2H3. The van der Waals surface area contributed by atoms with Crippen LogP contribution in [0.25, 0.3) is 0 Å². The second-order valence-corrected chi connectivity index (χ2v) is 6.02. The number of halogens is 1. The molecule has 0 saturated heterocycles. The van der Waals surface area contributed by atoms with Crippen LogP contribution in [0, 0.1) is 5.92 Å². The summed E-state index contributed by atoms with van der Waals surface area (Å²) < 4.78 is 6.72. The van der Waals surface area contributed by atoms with E-state index in [1.54, 1.807) is 11.3 Å². The van der Waals surface area contributed by atoms with Gasteiger partial charge in [0.25, 0.3) is 0 Å². The lowest BCUT2D eigenvalue weighted by Gasteiger charge is -2.07. The van der Waals surface area contributed by atoms with Gasteiger partial charge in [-0.2, -0.15) is 0 Å². The zero-order chi connectivity index (χ0) is 11.8. The Kier molecular flexibility index (Phi) is 7.28. The Labute approximate surface area is 111 Å². The SMILES string of the molecule is CC(C)CCOCCNCc1sccc1Br. The minimum Gasteiger partial charge on any atom is -0.380 e. The molecule has 1 heterocycles. The van der Waals surface area contributed by atoms with E-state index in [1.807, 2.05) is 0 Å². The second kappa shape index (κ2) is 8.23. The van der Waals surface area contributed by atoms with Gasteiger partial charge in [-0.05, 0) is 39.7 Å². The van der Waals surface area contributed by atoms with Crippen molar-refractivity contribution < 1.29 is 4.74 Å². The van der Waals surface area contributed by atoms with E-state index >= 15 is 0 Å². The summed E-state index contributed by atoms with van der Waals surface area (Å²) in [5, 5.41) is 5.47. The summed E-state index contributed by atoms with van der Waals surface area (Å²) in [5.74, 6) is 0.732. The Morgan fingerprint density at radius 1 is 1.44 bits per heavy atom. The van der Waals surface area contributed by atoms with E-state index in [-0.39, 0.29) is 0 Å². The van der Waals surface area contributed by atoms with Gasteiger partial charge in [-0.3, -0.25) is 0 Å². The molecule has 1 aromatic rings. The van der Waals surface area contributed by atoms with Gasteiger partial charge in [0.1, 0.15) is 0 Å². The predicted molar refractivity (Wildman–Crippen MR) is 74.0 cm³/mol. The first kappa shape index (κ1) is 14.2. The molecule has 0 aliphatic heterocycles. The minimum atomic E-state index is 0.732. The van der Waals surface area contributed by atoms with Gasteiger partial charge in [0.15, 0.2) is 0 Å². The fourth-order valence-electron chi connectivity index (χ4n) is 1.22. The molecule has 0 aliphatic rings. The molecular formula is C12H20BrNOS. The lowest BCUT2D eigenvalue weighted by Crippen LogP contribution is -2.19. The second-order valence-electron chi connectivity index (χ2n) is 4.16. The van der Waals surface area contributed by atoms with Gasteiger partial charge in [-0.25, -0.2) is 0 Å². The van der Waals surface area contributed by atoms with Crippen LogP contribution in [0.4, 0.5) is 0 Å². The molecule has 0 bridgehead atoms. The van der Waals surface area contributed by atoms with Gasteiger partial charge in [-0.15, -0.1) is 11.3 Å². The zero-order valence-electron chi connectivity index (χ0n) is 9.96. The average Bonchev–Trinajstić information content (AvgIpc) is 2.62. The maximum atomic E-state index is 5.52. The van der Waals surface area contributed by atoms with E-state index in [2.05, 4.69) is 46.5 Å². The predicted octanol–water partition coefficient (Wildman–Crippen LogP) is 3.66. The van der Waals surface area contributed by atoms with E-state index in [0.29, 0.717) is 0 Å². The van der Waals surface area contributed by atoms with Crippen LogP contribution in [0.15, 0.2) is 15.9 Å². The quantitative estimate of drug-likeness (QED) is 0.740. The zero-order valence-corrected chi connectivity index (χ0v) is 12.4. The van der Waals surface area contributed by atoms with Crippen molar-refractivity contribution in [3.63, 3.8) is 0 Å². The first-order chi connectivity index (χ1) is 7.70. The Hall–Kier alpha value is 0.100. The molecular weight excluding hydrogens is 286 g/mol. The lowest BCUT2D eigenvalue weighted by molar-refractivity contribution is 0.125. The van der Waals surface area contributed by atoms with Crippen LogP contribution < -0.4 is 5.32 Å². The highest BCUT2D eigenvalue weighted by Gasteiger charge is 1.99. The molecule has 0 unspecified atom stereocenters. The molecule has 2 nitrogen and oxygen atoms in total. The molecule has 92 valence electrons. The highest BCUT2D eigenvalue weighted by molar-refractivity contribution is 9.10. The number of thiophene rings is 1. The van der Waals surface area contributed by atoms with Crippen molar-refractivity contribution in [1.29, 1.82) is 0 Å². The van der Waals surface area contributed by atoms with Crippen LogP contribution >= 0.6 is 27.3 Å². The van der Waals surface area contributed by atoms with Crippen LogP contribution in [-0.2, 0) is 11.3 Å². The fourth-order valence-corrected chi connectivity index (χ4v) is 2.68. The van der Waals surface area contributed by atoms with Crippen molar-refractivity contribution >= 4 is 27.3 Å². The topological polar surface area (TPSA) is 21.3 Å². The summed E-state index contributed by atoms with van der Waals surface area (Å²) in [6, 6.07) is 2.08. The normalized spacial score (nSPS) is 11.2. The average molecular weight is 306 g/mol. The number of hydrogen-bond donors (Lipinski definition) is 1. The van der Waals surface area contributed by atoms with Crippen LogP contribution in [0.2, 0.25) is 0 Å². The third-order valence-corrected chi connectivity index (χ3v) is 4.17. The largest absolute Gasteiger partial charge is 0.380 e. The molecule has 0 atom stereocenters. The van der Waals surface area contributed by atoms with E-state index in [4.69, 9.17) is 4.74 Å². The molecule has 0 aromatic carbocycles. The molecule has 0 aliphatic carbocycles. The highest BCUT2D eigenvalue weighted by Crippen LogP contribution is 2.21. The Balaban J connectivity index is 1.94. The summed E-state index contributed by atoms with van der Waals surface area (Å²) in [6.45, 7) is 7.96. The molecule has 0 saturated carbocycles. The molecule has 0 fully saturated rings. The number of ether oxygens (including phenoxy) is 1. The number of hydrogen-bond acceptors (Lipinski definition) is 3. The van der Waals surface area contributed by atoms with Crippen molar-refractivity contribution in [1.82, 2.24) is 5.32 Å². The molecule has 0 spiro atoms. The van der Waals surface area contributed by atoms with Gasteiger partial charge in [0.2, 0.25) is 0 Å². The fraction of sp³-hybridized carbons (Fsp3) is 0.667. The molecule has 0 radical (unpaired) electrons. The maximum absolute atomic E-state index is 5.52. The molecule has 4 heteroatoms. The minimum absolute atomic E-state index is 0.732. The van der Waals surface area contributed by atoms with Crippen molar-refractivity contribution in [2.24, 2.45) is 5.92 Å². The van der Waals surface area contributed by atoms with Gasteiger partial charge in [0.05, 0.1) is 6.61 Å². The van der Waals surface area contributed by atoms with Crippen LogP contribution in [0.5, 0.6) is 0 Å². The molecule has 0 amide bonds. The van der Waals surface area contributed by atoms with Gasteiger partial charge >= 0.3 is 0 Å². The highest BCUT2D eigenvalue weighted by atomic mass is 79.9. The van der Waals surface area contributed by atoms with Crippen molar-refractivity contribution in [3.8, 4) is 0 Å². The van der Waals surface area contributed by atoms with Crippen molar-refractivity contribution in [3.05, 3.63) is 20.8 Å². The summed E-state index contributed by atoms with van der Waals surface area (Å²) in [5.41, 5.74) is 0. The molecule has 16 heavy (non-hydrogen) atoms. The molecule has 1 aromatic heterocycles. The number of nitrogens with one attached hydrogen (secondary N) is 1. The monoisotopic (exact) mass is 305 g/mol. The van der Waals surface area contributed by atoms with Gasteiger partial charge in [-0.1, -0.05) is 13.8 Å².